The molecule has 0 aromatic carbocycles. The Hall–Kier alpha value is -0.750. The second-order valence-electron chi connectivity index (χ2n) is 2.81. The summed E-state index contributed by atoms with van der Waals surface area (Å²) in [5.41, 5.74) is 0. The van der Waals surface area contributed by atoms with Crippen LogP contribution in [-0.4, -0.2) is 55.2 Å². The molecule has 6 heteroatoms. The first-order valence-corrected chi connectivity index (χ1v) is 4.23. The van der Waals surface area contributed by atoms with E-state index in [1.165, 1.54) is 18.9 Å². The third-order valence-corrected chi connectivity index (χ3v) is 1.85. The molecule has 0 aliphatic heterocycles. The molecule has 0 fully saturated rings. The maximum Gasteiger partial charge on any atom is 0.322 e. The predicted molar refractivity (Wildman–Crippen MR) is 46.1 cm³/mol. The van der Waals surface area contributed by atoms with E-state index in [1.807, 2.05) is 0 Å². The summed E-state index contributed by atoms with van der Waals surface area (Å²) in [6, 6.07) is -0.763. The molecule has 0 aromatic heterocycles. The van der Waals surface area contributed by atoms with Crippen LogP contribution in [0.2, 0.25) is 0 Å². The normalized spacial score (nSPS) is 13.4. The molecule has 0 spiro atoms. The van der Waals surface area contributed by atoms with Crippen molar-refractivity contribution in [3.05, 3.63) is 0 Å². The zero-order chi connectivity index (χ0) is 11.1. The topological polar surface area (TPSA) is 49.8 Å². The van der Waals surface area contributed by atoms with E-state index in [0.717, 1.165) is 0 Å². The first-order valence-electron chi connectivity index (χ1n) is 4.23. The highest BCUT2D eigenvalue weighted by molar-refractivity contribution is 5.75. The summed E-state index contributed by atoms with van der Waals surface area (Å²) < 4.78 is 28.5. The highest BCUT2D eigenvalue weighted by atomic mass is 19.3. The average Bonchev–Trinajstić information content (AvgIpc) is 2.14. The first kappa shape index (κ1) is 13.2. The number of nitrogens with zero attached hydrogens (tertiary/aromatic N) is 1. The molecule has 0 saturated carbocycles. The fraction of sp³-hybridized carbons (Fsp3) is 0.875. The second kappa shape index (κ2) is 6.67. The molecule has 1 atom stereocenters. The Bertz CT molecular complexity index is 178. The Morgan fingerprint density at radius 1 is 1.57 bits per heavy atom. The van der Waals surface area contributed by atoms with E-state index >= 15 is 0 Å². The summed E-state index contributed by atoms with van der Waals surface area (Å²) in [6.45, 7) is 0.676. The molecule has 0 aliphatic carbocycles. The minimum Gasteiger partial charge on any atom is -0.468 e. The molecule has 84 valence electrons. The molecule has 0 amide bonds. The molecule has 0 rings (SSSR count). The minimum atomic E-state index is -2.53. The van der Waals surface area contributed by atoms with Crippen LogP contribution in [0.25, 0.3) is 0 Å². The molecule has 0 saturated heterocycles. The van der Waals surface area contributed by atoms with Crippen LogP contribution < -0.4 is 0 Å². The lowest BCUT2D eigenvalue weighted by Gasteiger charge is -2.25. The van der Waals surface area contributed by atoms with Crippen molar-refractivity contribution in [1.82, 2.24) is 4.90 Å². The highest BCUT2D eigenvalue weighted by Crippen LogP contribution is 2.05. The van der Waals surface area contributed by atoms with Gasteiger partial charge in [-0.2, -0.15) is 0 Å². The Labute approximate surface area is 81.5 Å². The minimum absolute atomic E-state index is 0.0284. The largest absolute Gasteiger partial charge is 0.468 e. The number of hydrogen-bond acceptors (Lipinski definition) is 4. The molecule has 14 heavy (non-hydrogen) atoms. The van der Waals surface area contributed by atoms with Gasteiger partial charge < -0.3 is 9.84 Å². The standard InChI is InChI=1S/C8H15F2NO3/c1-6(8(13)14-2)11(3-4-12)5-7(9)10/h6-7,12H,3-5H2,1-2H3. The molecule has 0 aliphatic rings. The molecule has 0 radical (unpaired) electrons. The van der Waals surface area contributed by atoms with Crippen LogP contribution in [0, 0.1) is 0 Å². The van der Waals surface area contributed by atoms with Gasteiger partial charge in [0.1, 0.15) is 6.04 Å². The number of esters is 1. The monoisotopic (exact) mass is 211 g/mol. The molecular formula is C8H15F2NO3. The molecule has 1 N–H and O–H groups in total. The lowest BCUT2D eigenvalue weighted by molar-refractivity contribution is -0.147. The number of rotatable bonds is 6. The lowest BCUT2D eigenvalue weighted by atomic mass is 10.3. The Morgan fingerprint density at radius 2 is 2.14 bits per heavy atom. The molecule has 4 nitrogen and oxygen atoms in total. The first-order chi connectivity index (χ1) is 6.52. The SMILES string of the molecule is COC(=O)C(C)N(CCO)CC(F)F. The summed E-state index contributed by atoms with van der Waals surface area (Å²) >= 11 is 0. The Morgan fingerprint density at radius 3 is 2.50 bits per heavy atom. The number of alkyl halides is 2. The summed E-state index contributed by atoms with van der Waals surface area (Å²) in [7, 11) is 1.19. The van der Waals surface area contributed by atoms with Crippen molar-refractivity contribution >= 4 is 5.97 Å². The van der Waals surface area contributed by atoms with E-state index in [-0.39, 0.29) is 13.2 Å². The number of halogens is 2. The van der Waals surface area contributed by atoms with E-state index in [9.17, 15) is 13.6 Å². The van der Waals surface area contributed by atoms with Gasteiger partial charge >= 0.3 is 5.97 Å². The van der Waals surface area contributed by atoms with Gasteiger partial charge in [0.15, 0.2) is 0 Å². The molecule has 0 heterocycles. The average molecular weight is 211 g/mol. The zero-order valence-electron chi connectivity index (χ0n) is 8.24. The number of methoxy groups -OCH3 is 1. The maximum absolute atomic E-state index is 12.1. The fourth-order valence-electron chi connectivity index (χ4n) is 1.07. The van der Waals surface area contributed by atoms with E-state index in [4.69, 9.17) is 5.11 Å². The van der Waals surface area contributed by atoms with Gasteiger partial charge in [0, 0.05) is 6.54 Å². The van der Waals surface area contributed by atoms with Crippen LogP contribution >= 0.6 is 0 Å². The van der Waals surface area contributed by atoms with Gasteiger partial charge in [0.05, 0.1) is 20.3 Å². The third-order valence-electron chi connectivity index (χ3n) is 1.85. The van der Waals surface area contributed by atoms with Gasteiger partial charge in [-0.1, -0.05) is 0 Å². The molecule has 0 bridgehead atoms. The summed E-state index contributed by atoms with van der Waals surface area (Å²) in [4.78, 5) is 12.2. The van der Waals surface area contributed by atoms with Gasteiger partial charge in [0.2, 0.25) is 0 Å². The van der Waals surface area contributed by atoms with E-state index in [1.54, 1.807) is 0 Å². The van der Waals surface area contributed by atoms with Crippen LogP contribution in [0.3, 0.4) is 0 Å². The zero-order valence-corrected chi connectivity index (χ0v) is 8.24. The van der Waals surface area contributed by atoms with Crippen molar-refractivity contribution in [2.75, 3.05) is 26.8 Å². The van der Waals surface area contributed by atoms with Crippen molar-refractivity contribution in [2.45, 2.75) is 19.4 Å². The van der Waals surface area contributed by atoms with Crippen LogP contribution in [-0.2, 0) is 9.53 Å². The van der Waals surface area contributed by atoms with E-state index < -0.39 is 25.0 Å². The van der Waals surface area contributed by atoms with E-state index in [0.29, 0.717) is 0 Å². The highest BCUT2D eigenvalue weighted by Gasteiger charge is 2.23. The molecule has 0 aromatic rings. The predicted octanol–water partition coefficient (Wildman–Crippen LogP) is 0.107. The van der Waals surface area contributed by atoms with Gasteiger partial charge in [-0.05, 0) is 6.92 Å². The van der Waals surface area contributed by atoms with Crippen LogP contribution in [0.5, 0.6) is 0 Å². The van der Waals surface area contributed by atoms with Gasteiger partial charge in [0.25, 0.3) is 6.43 Å². The number of aliphatic hydroxyl groups is 1. The second-order valence-corrected chi connectivity index (χ2v) is 2.81. The maximum atomic E-state index is 12.1. The van der Waals surface area contributed by atoms with Crippen LogP contribution in [0.1, 0.15) is 6.92 Å². The van der Waals surface area contributed by atoms with Crippen LogP contribution in [0.15, 0.2) is 0 Å². The van der Waals surface area contributed by atoms with Crippen molar-refractivity contribution in [3.8, 4) is 0 Å². The lowest BCUT2D eigenvalue weighted by Crippen LogP contribution is -2.43. The van der Waals surface area contributed by atoms with Crippen molar-refractivity contribution in [3.63, 3.8) is 0 Å². The molecular weight excluding hydrogens is 196 g/mol. The number of ether oxygens (including phenoxy) is 1. The van der Waals surface area contributed by atoms with Crippen molar-refractivity contribution in [2.24, 2.45) is 0 Å². The number of hydrogen-bond donors (Lipinski definition) is 1. The van der Waals surface area contributed by atoms with Gasteiger partial charge in [-0.3, -0.25) is 9.69 Å². The summed E-state index contributed by atoms with van der Waals surface area (Å²) in [5, 5.41) is 8.61. The number of carbonyl (C=O) groups excluding carboxylic acids is 1. The van der Waals surface area contributed by atoms with E-state index in [2.05, 4.69) is 4.74 Å². The summed E-state index contributed by atoms with van der Waals surface area (Å²) in [5.74, 6) is -0.584. The quantitative estimate of drug-likeness (QED) is 0.633. The Balaban J connectivity index is 4.24. The summed E-state index contributed by atoms with van der Waals surface area (Å²) in [6.07, 6.45) is -2.53. The smallest absolute Gasteiger partial charge is 0.322 e. The number of carbonyl (C=O) groups is 1. The Kier molecular flexibility index (Phi) is 6.31. The molecule has 1 unspecified atom stereocenters. The van der Waals surface area contributed by atoms with Crippen molar-refractivity contribution in [1.29, 1.82) is 0 Å². The van der Waals surface area contributed by atoms with Crippen LogP contribution in [0.4, 0.5) is 8.78 Å². The number of aliphatic hydroxyl groups excluding tert-OH is 1. The third kappa shape index (κ3) is 4.48. The fourth-order valence-corrected chi connectivity index (χ4v) is 1.07. The van der Waals surface area contributed by atoms with Gasteiger partial charge in [-0.25, -0.2) is 8.78 Å². The van der Waals surface area contributed by atoms with Crippen molar-refractivity contribution < 1.29 is 23.4 Å². The van der Waals surface area contributed by atoms with Gasteiger partial charge in [-0.15, -0.1) is 0 Å².